The predicted molar refractivity (Wildman–Crippen MR) is 68.6 cm³/mol. The van der Waals surface area contributed by atoms with Crippen LogP contribution in [0.5, 0.6) is 0 Å². The van der Waals surface area contributed by atoms with Crippen molar-refractivity contribution < 1.29 is 14.7 Å². The number of hydrogen-bond donors (Lipinski definition) is 2. The topological polar surface area (TPSA) is 69.6 Å². The first-order valence-electron chi connectivity index (χ1n) is 5.86. The summed E-state index contributed by atoms with van der Waals surface area (Å²) in [6.45, 7) is 3.76. The number of aryl methyl sites for hydroxylation is 2. The second-order valence-corrected chi connectivity index (χ2v) is 4.40. The van der Waals surface area contributed by atoms with Crippen molar-refractivity contribution in [1.82, 2.24) is 0 Å². The van der Waals surface area contributed by atoms with E-state index in [1.807, 2.05) is 26.0 Å². The summed E-state index contributed by atoms with van der Waals surface area (Å²) in [5.41, 5.74) is 3.48. The van der Waals surface area contributed by atoms with Gasteiger partial charge in [0.1, 0.15) is 0 Å². The van der Waals surface area contributed by atoms with Crippen LogP contribution in [0.2, 0.25) is 0 Å². The average molecular weight is 248 g/mol. The highest BCUT2D eigenvalue weighted by molar-refractivity contribution is 6.19. The lowest BCUT2D eigenvalue weighted by molar-refractivity contribution is -0.126. The summed E-state index contributed by atoms with van der Waals surface area (Å²) in [5.74, 6) is -0.655. The number of rotatable bonds is 2. The number of anilines is 2. The van der Waals surface area contributed by atoms with Gasteiger partial charge in [0.05, 0.1) is 30.9 Å². The second kappa shape index (κ2) is 4.78. The minimum Gasteiger partial charge on any atom is -0.396 e. The van der Waals surface area contributed by atoms with E-state index in [0.717, 1.165) is 21.7 Å². The van der Waals surface area contributed by atoms with Gasteiger partial charge in [0.15, 0.2) is 0 Å². The number of aliphatic hydroxyl groups excluding tert-OH is 1. The highest BCUT2D eigenvalue weighted by Crippen LogP contribution is 2.32. The zero-order chi connectivity index (χ0) is 13.3. The summed E-state index contributed by atoms with van der Waals surface area (Å²) in [5, 5.41) is 11.8. The third-order valence-electron chi connectivity index (χ3n) is 3.11. The largest absolute Gasteiger partial charge is 0.396 e. The van der Waals surface area contributed by atoms with Crippen LogP contribution in [0.25, 0.3) is 0 Å². The minimum atomic E-state index is -0.367. The highest BCUT2D eigenvalue weighted by Gasteiger charge is 2.29. The quantitative estimate of drug-likeness (QED) is 0.818. The second-order valence-electron chi connectivity index (χ2n) is 4.40. The molecule has 0 fully saturated rings. The van der Waals surface area contributed by atoms with Gasteiger partial charge in [-0.1, -0.05) is 0 Å². The summed E-state index contributed by atoms with van der Waals surface area (Å²) < 4.78 is 0. The number of aliphatic hydroxyl groups is 1. The molecule has 0 spiro atoms. The first-order chi connectivity index (χ1) is 8.54. The van der Waals surface area contributed by atoms with Gasteiger partial charge in [-0.15, -0.1) is 0 Å². The Hall–Kier alpha value is -1.88. The SMILES string of the molecule is Cc1cc2c(cc1C)N(C(=O)CCO)C(=O)CN2. The van der Waals surface area contributed by atoms with Crippen LogP contribution in [-0.4, -0.2) is 30.1 Å². The van der Waals surface area contributed by atoms with Crippen molar-refractivity contribution in [2.24, 2.45) is 0 Å². The highest BCUT2D eigenvalue weighted by atomic mass is 16.3. The van der Waals surface area contributed by atoms with Gasteiger partial charge < -0.3 is 10.4 Å². The number of nitrogens with one attached hydrogen (secondary N) is 1. The van der Waals surface area contributed by atoms with E-state index >= 15 is 0 Å². The van der Waals surface area contributed by atoms with Crippen LogP contribution in [0, 0.1) is 13.8 Å². The molecule has 1 aromatic carbocycles. The number of carbonyl (C=O) groups excluding carboxylic acids is 2. The standard InChI is InChI=1S/C13H16N2O3/c1-8-5-10-11(6-9(8)2)15(12(17)3-4-16)13(18)7-14-10/h5-6,14,16H,3-4,7H2,1-2H3. The van der Waals surface area contributed by atoms with Crippen molar-refractivity contribution >= 4 is 23.2 Å². The third kappa shape index (κ3) is 2.09. The zero-order valence-corrected chi connectivity index (χ0v) is 10.5. The fraction of sp³-hybridized carbons (Fsp3) is 0.385. The fourth-order valence-corrected chi connectivity index (χ4v) is 1.99. The Kier molecular flexibility index (Phi) is 3.34. The van der Waals surface area contributed by atoms with Gasteiger partial charge in [-0.05, 0) is 37.1 Å². The smallest absolute Gasteiger partial charge is 0.253 e. The third-order valence-corrected chi connectivity index (χ3v) is 3.11. The van der Waals surface area contributed by atoms with Crippen LogP contribution < -0.4 is 10.2 Å². The van der Waals surface area contributed by atoms with Gasteiger partial charge in [0.2, 0.25) is 5.91 Å². The van der Waals surface area contributed by atoms with Crippen LogP contribution in [0.15, 0.2) is 12.1 Å². The number of amides is 2. The van der Waals surface area contributed by atoms with Crippen LogP contribution in [0.4, 0.5) is 11.4 Å². The Morgan fingerprint density at radius 1 is 1.39 bits per heavy atom. The summed E-state index contributed by atoms with van der Waals surface area (Å²) in [7, 11) is 0. The van der Waals surface area contributed by atoms with E-state index in [1.54, 1.807) is 0 Å². The van der Waals surface area contributed by atoms with Crippen LogP contribution in [-0.2, 0) is 9.59 Å². The summed E-state index contributed by atoms with van der Waals surface area (Å²) >= 11 is 0. The maximum Gasteiger partial charge on any atom is 0.253 e. The van der Waals surface area contributed by atoms with Gasteiger partial charge >= 0.3 is 0 Å². The van der Waals surface area contributed by atoms with E-state index in [9.17, 15) is 9.59 Å². The van der Waals surface area contributed by atoms with Crippen molar-refractivity contribution in [2.75, 3.05) is 23.4 Å². The maximum atomic E-state index is 11.9. The molecular weight excluding hydrogens is 232 g/mol. The molecule has 96 valence electrons. The Morgan fingerprint density at radius 2 is 2.06 bits per heavy atom. The molecule has 2 amide bonds. The molecule has 2 rings (SSSR count). The first-order valence-corrected chi connectivity index (χ1v) is 5.86. The zero-order valence-electron chi connectivity index (χ0n) is 10.5. The first kappa shape index (κ1) is 12.6. The monoisotopic (exact) mass is 248 g/mol. The number of carbonyl (C=O) groups is 2. The van der Waals surface area contributed by atoms with Crippen LogP contribution in [0.1, 0.15) is 17.5 Å². The van der Waals surface area contributed by atoms with Crippen molar-refractivity contribution in [3.8, 4) is 0 Å². The molecule has 0 atom stereocenters. The van der Waals surface area contributed by atoms with Crippen molar-refractivity contribution in [3.05, 3.63) is 23.3 Å². The molecular formula is C13H16N2O3. The van der Waals surface area contributed by atoms with Gasteiger partial charge in [-0.25, -0.2) is 4.90 Å². The normalized spacial score (nSPS) is 14.2. The van der Waals surface area contributed by atoms with Crippen molar-refractivity contribution in [2.45, 2.75) is 20.3 Å². The number of nitrogens with zero attached hydrogens (tertiary/aromatic N) is 1. The minimum absolute atomic E-state index is 0.0435. The Balaban J connectivity index is 2.47. The number of imide groups is 1. The van der Waals surface area contributed by atoms with E-state index in [0.29, 0.717) is 5.69 Å². The molecule has 5 nitrogen and oxygen atoms in total. The summed E-state index contributed by atoms with van der Waals surface area (Å²) in [4.78, 5) is 24.9. The lowest BCUT2D eigenvalue weighted by Gasteiger charge is -2.29. The number of hydrogen-bond acceptors (Lipinski definition) is 4. The van der Waals surface area contributed by atoms with E-state index in [-0.39, 0.29) is 31.4 Å². The molecule has 0 saturated heterocycles. The predicted octanol–water partition coefficient (Wildman–Crippen LogP) is 0.971. The van der Waals surface area contributed by atoms with E-state index in [1.165, 1.54) is 0 Å². The van der Waals surface area contributed by atoms with Crippen LogP contribution >= 0.6 is 0 Å². The molecule has 0 bridgehead atoms. The summed E-state index contributed by atoms with van der Waals surface area (Å²) in [6.07, 6.45) is -0.0435. The molecule has 0 aliphatic carbocycles. The maximum absolute atomic E-state index is 11.9. The molecule has 18 heavy (non-hydrogen) atoms. The molecule has 2 N–H and O–H groups in total. The van der Waals surface area contributed by atoms with Gasteiger partial charge in [-0.2, -0.15) is 0 Å². The van der Waals surface area contributed by atoms with E-state index < -0.39 is 0 Å². The molecule has 5 heteroatoms. The Morgan fingerprint density at radius 3 is 2.72 bits per heavy atom. The van der Waals surface area contributed by atoms with Crippen molar-refractivity contribution in [1.29, 1.82) is 0 Å². The Labute approximate surface area is 105 Å². The molecule has 0 aromatic heterocycles. The average Bonchev–Trinajstić information content (AvgIpc) is 2.31. The molecule has 1 aliphatic heterocycles. The molecule has 0 saturated carbocycles. The molecule has 1 heterocycles. The Bertz CT molecular complexity index is 511. The van der Waals surface area contributed by atoms with Gasteiger partial charge in [0, 0.05) is 0 Å². The molecule has 1 aliphatic rings. The van der Waals surface area contributed by atoms with Gasteiger partial charge in [-0.3, -0.25) is 9.59 Å². The number of benzene rings is 1. The van der Waals surface area contributed by atoms with Crippen molar-refractivity contribution in [3.63, 3.8) is 0 Å². The summed E-state index contributed by atoms with van der Waals surface area (Å²) in [6, 6.07) is 3.75. The van der Waals surface area contributed by atoms with E-state index in [4.69, 9.17) is 5.11 Å². The van der Waals surface area contributed by atoms with Crippen LogP contribution in [0.3, 0.4) is 0 Å². The molecule has 0 unspecified atom stereocenters. The molecule has 0 radical (unpaired) electrons. The lowest BCUT2D eigenvalue weighted by atomic mass is 10.0. The van der Waals surface area contributed by atoms with Gasteiger partial charge in [0.25, 0.3) is 5.91 Å². The number of fused-ring (bicyclic) bond motifs is 1. The van der Waals surface area contributed by atoms with E-state index in [2.05, 4.69) is 5.32 Å². The lowest BCUT2D eigenvalue weighted by Crippen LogP contribution is -2.44. The fourth-order valence-electron chi connectivity index (χ4n) is 1.99. The molecule has 1 aromatic rings.